The molecule has 0 spiro atoms. The van der Waals surface area contributed by atoms with Crippen molar-refractivity contribution in [3.8, 4) is 0 Å². The Bertz CT molecular complexity index is 621. The van der Waals surface area contributed by atoms with Gasteiger partial charge in [0.25, 0.3) is 0 Å². The summed E-state index contributed by atoms with van der Waals surface area (Å²) < 4.78 is 39.1. The molecule has 0 bridgehead atoms. The molecule has 3 nitrogen and oxygen atoms in total. The zero-order valence-electron chi connectivity index (χ0n) is 10.3. The number of nitrogens with one attached hydrogen (secondary N) is 1. The minimum Gasteiger partial charge on any atom is -0.212 e. The van der Waals surface area contributed by atoms with E-state index in [4.69, 9.17) is 0 Å². The van der Waals surface area contributed by atoms with E-state index in [-0.39, 0.29) is 11.6 Å². The van der Waals surface area contributed by atoms with Gasteiger partial charge in [-0.2, -0.15) is 0 Å². The molecule has 1 unspecified atom stereocenters. The van der Waals surface area contributed by atoms with Gasteiger partial charge in [-0.1, -0.05) is 18.2 Å². The van der Waals surface area contributed by atoms with Crippen molar-refractivity contribution in [2.75, 3.05) is 5.75 Å². The van der Waals surface area contributed by atoms with Gasteiger partial charge in [0.2, 0.25) is 10.0 Å². The summed E-state index contributed by atoms with van der Waals surface area (Å²) >= 11 is 1.46. The highest BCUT2D eigenvalue weighted by molar-refractivity contribution is 7.89. The molecule has 0 radical (unpaired) electrons. The van der Waals surface area contributed by atoms with Gasteiger partial charge in [-0.25, -0.2) is 17.5 Å². The molecule has 1 heterocycles. The van der Waals surface area contributed by atoms with Crippen LogP contribution in [-0.2, 0) is 10.0 Å². The van der Waals surface area contributed by atoms with Crippen LogP contribution in [0.5, 0.6) is 0 Å². The van der Waals surface area contributed by atoms with E-state index < -0.39 is 16.1 Å². The molecule has 102 valence electrons. The molecule has 1 aromatic heterocycles. The Labute approximate surface area is 116 Å². The van der Waals surface area contributed by atoms with Crippen LogP contribution in [0.25, 0.3) is 0 Å². The maximum atomic E-state index is 13.0. The van der Waals surface area contributed by atoms with E-state index in [1.165, 1.54) is 23.5 Å². The first kappa shape index (κ1) is 14.2. The van der Waals surface area contributed by atoms with E-state index in [1.54, 1.807) is 19.1 Å². The van der Waals surface area contributed by atoms with Crippen LogP contribution >= 0.6 is 11.3 Å². The number of thiophene rings is 1. The predicted octanol–water partition coefficient (Wildman–Crippen LogP) is 2.92. The Morgan fingerprint density at radius 1 is 1.26 bits per heavy atom. The predicted molar refractivity (Wildman–Crippen MR) is 75.2 cm³/mol. The summed E-state index contributed by atoms with van der Waals surface area (Å²) in [7, 11) is -3.34. The van der Waals surface area contributed by atoms with E-state index in [0.29, 0.717) is 0 Å². The quantitative estimate of drug-likeness (QED) is 0.922. The third-order valence-corrected chi connectivity index (χ3v) is 5.00. The number of hydrogen-bond donors (Lipinski definition) is 1. The second-order valence-corrected chi connectivity index (χ2v) is 7.04. The fourth-order valence-corrected chi connectivity index (χ4v) is 3.33. The van der Waals surface area contributed by atoms with Gasteiger partial charge in [-0.3, -0.25) is 0 Å². The third-order valence-electron chi connectivity index (χ3n) is 2.71. The molecule has 19 heavy (non-hydrogen) atoms. The molecule has 0 fully saturated rings. The summed E-state index contributed by atoms with van der Waals surface area (Å²) in [6, 6.07) is 9.10. The van der Waals surface area contributed by atoms with Crippen LogP contribution in [0, 0.1) is 5.82 Å². The molecule has 0 saturated carbocycles. The van der Waals surface area contributed by atoms with Crippen LogP contribution in [0.4, 0.5) is 4.39 Å². The molecule has 2 rings (SSSR count). The lowest BCUT2D eigenvalue weighted by atomic mass is 10.1. The van der Waals surface area contributed by atoms with Gasteiger partial charge in [-0.15, -0.1) is 11.3 Å². The molecule has 0 aliphatic rings. The van der Waals surface area contributed by atoms with Gasteiger partial charge in [-0.05, 0) is 36.1 Å². The molecule has 1 atom stereocenters. The van der Waals surface area contributed by atoms with Crippen molar-refractivity contribution in [2.24, 2.45) is 0 Å². The van der Waals surface area contributed by atoms with Crippen LogP contribution in [0.3, 0.4) is 0 Å². The van der Waals surface area contributed by atoms with Crippen LogP contribution in [0.1, 0.15) is 23.4 Å². The first-order valence-electron chi connectivity index (χ1n) is 5.80. The summed E-state index contributed by atoms with van der Waals surface area (Å²) in [5, 5.41) is 1.88. The average molecular weight is 299 g/mol. The Kier molecular flexibility index (Phi) is 4.34. The van der Waals surface area contributed by atoms with Crippen LogP contribution < -0.4 is 4.72 Å². The van der Waals surface area contributed by atoms with Crippen molar-refractivity contribution in [2.45, 2.75) is 13.0 Å². The van der Waals surface area contributed by atoms with E-state index in [9.17, 15) is 12.8 Å². The molecule has 0 aliphatic heterocycles. The van der Waals surface area contributed by atoms with Crippen molar-refractivity contribution in [3.05, 3.63) is 58.0 Å². The number of halogens is 1. The molecule has 1 N–H and O–H groups in total. The standard InChI is InChI=1S/C13H14FNO2S2/c1-2-19(16,17)15-13(12-4-3-9-18-12)10-5-7-11(14)8-6-10/h3-9,13,15H,2H2,1H3. The molecular formula is C13H14FNO2S2. The highest BCUT2D eigenvalue weighted by Gasteiger charge is 2.20. The SMILES string of the molecule is CCS(=O)(=O)NC(c1ccc(F)cc1)c1cccs1. The first-order chi connectivity index (χ1) is 9.02. The van der Waals surface area contributed by atoms with Crippen molar-refractivity contribution in [1.29, 1.82) is 0 Å². The Morgan fingerprint density at radius 3 is 2.47 bits per heavy atom. The van der Waals surface area contributed by atoms with Gasteiger partial charge in [0.15, 0.2) is 0 Å². The molecule has 6 heteroatoms. The smallest absolute Gasteiger partial charge is 0.212 e. The Hall–Kier alpha value is -1.24. The molecular weight excluding hydrogens is 285 g/mol. The van der Waals surface area contributed by atoms with E-state index >= 15 is 0 Å². The first-order valence-corrected chi connectivity index (χ1v) is 8.34. The summed E-state index contributed by atoms with van der Waals surface area (Å²) in [6.07, 6.45) is 0. The number of sulfonamides is 1. The summed E-state index contributed by atoms with van der Waals surface area (Å²) in [5.41, 5.74) is 0.723. The maximum Gasteiger partial charge on any atom is 0.212 e. The Balaban J connectivity index is 2.38. The van der Waals surface area contributed by atoms with Crippen molar-refractivity contribution < 1.29 is 12.8 Å². The molecule has 0 saturated heterocycles. The monoisotopic (exact) mass is 299 g/mol. The highest BCUT2D eigenvalue weighted by atomic mass is 32.2. The fourth-order valence-electron chi connectivity index (χ4n) is 1.66. The number of benzene rings is 1. The van der Waals surface area contributed by atoms with Gasteiger partial charge in [0.05, 0.1) is 11.8 Å². The minimum absolute atomic E-state index is 0.00999. The third kappa shape index (κ3) is 3.62. The fraction of sp³-hybridized carbons (Fsp3) is 0.231. The molecule has 1 aromatic carbocycles. The van der Waals surface area contributed by atoms with Gasteiger partial charge >= 0.3 is 0 Å². The normalized spacial score (nSPS) is 13.4. The van der Waals surface area contributed by atoms with E-state index in [1.807, 2.05) is 17.5 Å². The van der Waals surface area contributed by atoms with Gasteiger partial charge in [0, 0.05) is 4.88 Å². The van der Waals surface area contributed by atoms with Crippen LogP contribution in [0.2, 0.25) is 0 Å². The lowest BCUT2D eigenvalue weighted by molar-refractivity contribution is 0.574. The topological polar surface area (TPSA) is 46.2 Å². The molecule has 0 aliphatic carbocycles. The zero-order chi connectivity index (χ0) is 13.9. The van der Waals surface area contributed by atoms with Gasteiger partial charge < -0.3 is 0 Å². The number of hydrogen-bond acceptors (Lipinski definition) is 3. The van der Waals surface area contributed by atoms with Crippen molar-refractivity contribution in [1.82, 2.24) is 4.72 Å². The lowest BCUT2D eigenvalue weighted by Gasteiger charge is -2.17. The molecule has 0 amide bonds. The zero-order valence-corrected chi connectivity index (χ0v) is 12.0. The second kappa shape index (κ2) is 5.81. The lowest BCUT2D eigenvalue weighted by Crippen LogP contribution is -2.30. The number of rotatable bonds is 5. The van der Waals surface area contributed by atoms with Crippen LogP contribution in [0.15, 0.2) is 41.8 Å². The van der Waals surface area contributed by atoms with Gasteiger partial charge in [0.1, 0.15) is 5.82 Å². The average Bonchev–Trinajstić information content (AvgIpc) is 2.91. The highest BCUT2D eigenvalue weighted by Crippen LogP contribution is 2.26. The van der Waals surface area contributed by atoms with Crippen molar-refractivity contribution >= 4 is 21.4 Å². The van der Waals surface area contributed by atoms with Crippen molar-refractivity contribution in [3.63, 3.8) is 0 Å². The maximum absolute atomic E-state index is 13.0. The summed E-state index contributed by atoms with van der Waals surface area (Å²) in [6.45, 7) is 1.58. The molecule has 2 aromatic rings. The van der Waals surface area contributed by atoms with E-state index in [2.05, 4.69) is 4.72 Å². The Morgan fingerprint density at radius 2 is 1.95 bits per heavy atom. The largest absolute Gasteiger partial charge is 0.212 e. The minimum atomic E-state index is -3.34. The summed E-state index contributed by atoms with van der Waals surface area (Å²) in [5.74, 6) is -0.331. The summed E-state index contributed by atoms with van der Waals surface area (Å²) in [4.78, 5) is 0.878. The van der Waals surface area contributed by atoms with E-state index in [0.717, 1.165) is 10.4 Å². The van der Waals surface area contributed by atoms with Crippen LogP contribution in [-0.4, -0.2) is 14.2 Å². The second-order valence-electron chi connectivity index (χ2n) is 4.02.